The van der Waals surface area contributed by atoms with Crippen LogP contribution in [0.25, 0.3) is 11.3 Å². The molecule has 0 saturated heterocycles. The van der Waals surface area contributed by atoms with Gasteiger partial charge in [0.2, 0.25) is 5.82 Å². The molecule has 108 valence electrons. The summed E-state index contributed by atoms with van der Waals surface area (Å²) < 4.78 is 43.5. The fourth-order valence-corrected chi connectivity index (χ4v) is 2.18. The molecular weight excluding hydrogens is 316 g/mol. The van der Waals surface area contributed by atoms with Gasteiger partial charge in [0, 0.05) is 17.6 Å². The van der Waals surface area contributed by atoms with Crippen LogP contribution in [0.2, 0.25) is 10.0 Å². The molecule has 0 atom stereocenters. The van der Waals surface area contributed by atoms with E-state index in [1.54, 1.807) is 6.92 Å². The highest BCUT2D eigenvalue weighted by atomic mass is 35.5. The van der Waals surface area contributed by atoms with E-state index < -0.39 is 18.3 Å². The van der Waals surface area contributed by atoms with E-state index in [0.29, 0.717) is 10.6 Å². The number of nitrogens with zero attached hydrogens (tertiary/aromatic N) is 2. The third-order valence-corrected chi connectivity index (χ3v) is 3.36. The molecule has 0 saturated carbocycles. The zero-order chi connectivity index (χ0) is 15.0. The second-order valence-electron chi connectivity index (χ2n) is 4.05. The van der Waals surface area contributed by atoms with Gasteiger partial charge >= 0.3 is 6.61 Å². The molecule has 0 bridgehead atoms. The topological polar surface area (TPSA) is 27.1 Å². The van der Waals surface area contributed by atoms with Crippen molar-refractivity contribution in [3.8, 4) is 17.1 Å². The van der Waals surface area contributed by atoms with Crippen LogP contribution in [0, 0.1) is 12.7 Å². The molecule has 1 aromatic heterocycles. The molecule has 0 spiro atoms. The minimum Gasteiger partial charge on any atom is -0.414 e. The number of hydrogen-bond donors (Lipinski definition) is 0. The van der Waals surface area contributed by atoms with Gasteiger partial charge in [-0.1, -0.05) is 23.2 Å². The van der Waals surface area contributed by atoms with Crippen molar-refractivity contribution in [1.29, 1.82) is 0 Å². The highest BCUT2D eigenvalue weighted by molar-refractivity contribution is 6.36. The first-order chi connectivity index (χ1) is 9.31. The van der Waals surface area contributed by atoms with Crippen LogP contribution in [0.15, 0.2) is 12.1 Å². The molecule has 2 aromatic rings. The fourth-order valence-electron chi connectivity index (χ4n) is 1.71. The van der Waals surface area contributed by atoms with Crippen molar-refractivity contribution in [1.82, 2.24) is 9.78 Å². The second-order valence-corrected chi connectivity index (χ2v) is 4.87. The Hall–Kier alpha value is -1.40. The number of halogens is 5. The summed E-state index contributed by atoms with van der Waals surface area (Å²) in [6.07, 6.45) is 0. The molecule has 0 amide bonds. The highest BCUT2D eigenvalue weighted by Gasteiger charge is 2.23. The molecule has 0 aliphatic carbocycles. The van der Waals surface area contributed by atoms with E-state index in [0.717, 1.165) is 4.68 Å². The van der Waals surface area contributed by atoms with Gasteiger partial charge in [0.25, 0.3) is 5.88 Å². The Morgan fingerprint density at radius 3 is 2.50 bits per heavy atom. The molecule has 2 rings (SSSR count). The monoisotopic (exact) mass is 324 g/mol. The Bertz CT molecular complexity index is 659. The van der Waals surface area contributed by atoms with Crippen molar-refractivity contribution >= 4 is 23.2 Å². The molecule has 0 aliphatic rings. The summed E-state index contributed by atoms with van der Waals surface area (Å²) in [5, 5.41) is 4.40. The van der Waals surface area contributed by atoms with Gasteiger partial charge in [-0.2, -0.15) is 18.3 Å². The molecule has 0 aliphatic heterocycles. The van der Waals surface area contributed by atoms with Crippen LogP contribution < -0.4 is 4.74 Å². The quantitative estimate of drug-likeness (QED) is 0.834. The summed E-state index contributed by atoms with van der Waals surface area (Å²) >= 11 is 11.9. The molecule has 3 nitrogen and oxygen atoms in total. The number of rotatable bonds is 3. The van der Waals surface area contributed by atoms with Crippen LogP contribution in [0.4, 0.5) is 13.2 Å². The molecule has 0 N–H and O–H groups in total. The van der Waals surface area contributed by atoms with Gasteiger partial charge in [-0.05, 0) is 24.6 Å². The number of aromatic nitrogens is 2. The summed E-state index contributed by atoms with van der Waals surface area (Å²) in [6, 6.07) is 2.97. The lowest BCUT2D eigenvalue weighted by atomic mass is 10.1. The average molecular weight is 325 g/mol. The van der Waals surface area contributed by atoms with Gasteiger partial charge in [-0.25, -0.2) is 4.68 Å². The van der Waals surface area contributed by atoms with E-state index in [4.69, 9.17) is 23.2 Å². The third-order valence-electron chi connectivity index (χ3n) is 2.64. The summed E-state index contributed by atoms with van der Waals surface area (Å²) in [7, 11) is 1.29. The van der Waals surface area contributed by atoms with Gasteiger partial charge in [-0.15, -0.1) is 0 Å². The first-order valence-corrected chi connectivity index (χ1v) is 6.20. The van der Waals surface area contributed by atoms with Crippen molar-refractivity contribution in [3.05, 3.63) is 33.6 Å². The van der Waals surface area contributed by atoms with Crippen molar-refractivity contribution < 1.29 is 17.9 Å². The molecule has 8 heteroatoms. The maximum absolute atomic E-state index is 14.1. The maximum Gasteiger partial charge on any atom is 0.388 e. The number of benzene rings is 1. The summed E-state index contributed by atoms with van der Waals surface area (Å²) in [5.74, 6) is -1.66. The smallest absolute Gasteiger partial charge is 0.388 e. The first kappa shape index (κ1) is 15.0. The largest absolute Gasteiger partial charge is 0.414 e. The van der Waals surface area contributed by atoms with E-state index >= 15 is 0 Å². The SMILES string of the molecule is Cc1cc(-c2nn(C)c(OC(F)F)c2F)c(Cl)cc1Cl. The lowest BCUT2D eigenvalue weighted by Gasteiger charge is -2.05. The van der Waals surface area contributed by atoms with Crippen molar-refractivity contribution in [2.45, 2.75) is 13.5 Å². The Labute approximate surface area is 122 Å². The normalized spacial score (nSPS) is 11.2. The van der Waals surface area contributed by atoms with Crippen LogP contribution in [0.5, 0.6) is 5.88 Å². The third kappa shape index (κ3) is 2.71. The average Bonchev–Trinajstić information content (AvgIpc) is 2.61. The first-order valence-electron chi connectivity index (χ1n) is 5.44. The Morgan fingerprint density at radius 2 is 1.90 bits per heavy atom. The molecule has 1 aromatic carbocycles. The summed E-state index contributed by atoms with van der Waals surface area (Å²) in [5.41, 5.74) is 0.742. The Balaban J connectivity index is 2.57. The van der Waals surface area contributed by atoms with Gasteiger partial charge < -0.3 is 4.74 Å². The van der Waals surface area contributed by atoms with Crippen molar-refractivity contribution in [2.75, 3.05) is 0 Å². The maximum atomic E-state index is 14.1. The fraction of sp³-hybridized carbons (Fsp3) is 0.250. The van der Waals surface area contributed by atoms with E-state index in [1.807, 2.05) is 0 Å². The summed E-state index contributed by atoms with van der Waals surface area (Å²) in [6.45, 7) is -1.44. The van der Waals surface area contributed by atoms with Gasteiger partial charge in [0.15, 0.2) is 0 Å². The van der Waals surface area contributed by atoms with Crippen molar-refractivity contribution in [3.63, 3.8) is 0 Å². The zero-order valence-corrected chi connectivity index (χ0v) is 11.9. The van der Waals surface area contributed by atoms with Gasteiger partial charge in [0.05, 0.1) is 5.02 Å². The van der Waals surface area contributed by atoms with E-state index in [-0.39, 0.29) is 16.3 Å². The standard InChI is InChI=1S/C12H9Cl2F3N2O/c1-5-3-6(8(14)4-7(5)13)10-9(15)11(19(2)18-10)20-12(16)17/h3-4,12H,1-2H3. The van der Waals surface area contributed by atoms with Gasteiger partial charge in [0.1, 0.15) is 5.69 Å². The van der Waals surface area contributed by atoms with E-state index in [9.17, 15) is 13.2 Å². The Kier molecular flexibility index (Phi) is 4.15. The molecule has 1 heterocycles. The minimum atomic E-state index is -3.14. The van der Waals surface area contributed by atoms with Crippen molar-refractivity contribution in [2.24, 2.45) is 7.05 Å². The highest BCUT2D eigenvalue weighted by Crippen LogP contribution is 2.36. The van der Waals surface area contributed by atoms with E-state index in [1.165, 1.54) is 19.2 Å². The zero-order valence-electron chi connectivity index (χ0n) is 10.4. The molecule has 20 heavy (non-hydrogen) atoms. The Morgan fingerprint density at radius 1 is 1.25 bits per heavy atom. The summed E-state index contributed by atoms with van der Waals surface area (Å²) in [4.78, 5) is 0. The van der Waals surface area contributed by atoms with E-state index in [2.05, 4.69) is 9.84 Å². The lowest BCUT2D eigenvalue weighted by molar-refractivity contribution is -0.0576. The number of aryl methyl sites for hydroxylation is 2. The molecule has 0 radical (unpaired) electrons. The second kappa shape index (κ2) is 5.54. The number of ether oxygens (including phenoxy) is 1. The van der Waals surface area contributed by atoms with Crippen LogP contribution in [0.3, 0.4) is 0 Å². The minimum absolute atomic E-state index is 0.168. The van der Waals surface area contributed by atoms with Gasteiger partial charge in [-0.3, -0.25) is 0 Å². The lowest BCUT2D eigenvalue weighted by Crippen LogP contribution is -2.07. The molecule has 0 fully saturated rings. The van der Waals surface area contributed by atoms with Crippen LogP contribution in [-0.2, 0) is 7.05 Å². The predicted octanol–water partition coefficient (Wildman–Crippen LogP) is 4.44. The number of alkyl halides is 2. The van der Waals surface area contributed by atoms with Crippen LogP contribution in [0.1, 0.15) is 5.56 Å². The van der Waals surface area contributed by atoms with Crippen LogP contribution >= 0.6 is 23.2 Å². The number of hydrogen-bond acceptors (Lipinski definition) is 2. The van der Waals surface area contributed by atoms with Crippen LogP contribution in [-0.4, -0.2) is 16.4 Å². The molecule has 0 unspecified atom stereocenters. The predicted molar refractivity (Wildman–Crippen MR) is 70.0 cm³/mol. The molecular formula is C12H9Cl2F3N2O.